The average Bonchev–Trinajstić information content (AvgIpc) is 2.27. The molecule has 0 aliphatic carbocycles. The summed E-state index contributed by atoms with van der Waals surface area (Å²) >= 11 is 0. The van der Waals surface area contributed by atoms with Gasteiger partial charge in [0.15, 0.2) is 0 Å². The minimum atomic E-state index is -4.91. The summed E-state index contributed by atoms with van der Waals surface area (Å²) in [5, 5.41) is 0. The number of ether oxygens (including phenoxy) is 2. The minimum absolute atomic E-state index is 0.178. The van der Waals surface area contributed by atoms with Gasteiger partial charge < -0.3 is 9.47 Å². The van der Waals surface area contributed by atoms with E-state index >= 15 is 0 Å². The van der Waals surface area contributed by atoms with Gasteiger partial charge in [-0.3, -0.25) is 4.79 Å². The largest absolute Gasteiger partial charge is 0.496 e. The first-order valence-electron chi connectivity index (χ1n) is 4.65. The van der Waals surface area contributed by atoms with Gasteiger partial charge in [-0.15, -0.1) is 0 Å². The third-order valence-electron chi connectivity index (χ3n) is 2.27. The SMILES string of the molecule is COc1cc(C(=O)C(F)(F)F)cc(OC)c1C. The monoisotopic (exact) mass is 248 g/mol. The normalized spacial score (nSPS) is 11.2. The molecular formula is C11H11F3O3. The van der Waals surface area contributed by atoms with Crippen LogP contribution in [0.4, 0.5) is 13.2 Å². The summed E-state index contributed by atoms with van der Waals surface area (Å²) < 4.78 is 46.6. The van der Waals surface area contributed by atoms with Gasteiger partial charge in [0.25, 0.3) is 5.78 Å². The summed E-state index contributed by atoms with van der Waals surface area (Å²) in [4.78, 5) is 11.1. The molecular weight excluding hydrogens is 237 g/mol. The molecule has 6 heteroatoms. The molecule has 0 bridgehead atoms. The van der Waals surface area contributed by atoms with Gasteiger partial charge in [0.05, 0.1) is 14.2 Å². The zero-order chi connectivity index (χ0) is 13.2. The van der Waals surface area contributed by atoms with Crippen LogP contribution in [0.3, 0.4) is 0 Å². The fourth-order valence-electron chi connectivity index (χ4n) is 1.38. The molecule has 0 unspecified atom stereocenters. The van der Waals surface area contributed by atoms with Gasteiger partial charge in [0.2, 0.25) is 0 Å². The lowest BCUT2D eigenvalue weighted by Crippen LogP contribution is -2.22. The number of hydrogen-bond acceptors (Lipinski definition) is 3. The summed E-state index contributed by atoms with van der Waals surface area (Å²) in [6.45, 7) is 1.62. The maximum atomic E-state index is 12.3. The van der Waals surface area contributed by atoms with E-state index in [2.05, 4.69) is 0 Å². The Morgan fingerprint density at radius 2 is 1.53 bits per heavy atom. The second kappa shape index (κ2) is 4.65. The average molecular weight is 248 g/mol. The number of methoxy groups -OCH3 is 2. The number of ketones is 1. The van der Waals surface area contributed by atoms with Crippen LogP contribution in [-0.4, -0.2) is 26.2 Å². The van der Waals surface area contributed by atoms with E-state index in [9.17, 15) is 18.0 Å². The molecule has 0 heterocycles. The quantitative estimate of drug-likeness (QED) is 0.771. The van der Waals surface area contributed by atoms with Crippen molar-refractivity contribution in [1.82, 2.24) is 0 Å². The lowest BCUT2D eigenvalue weighted by Gasteiger charge is -2.12. The van der Waals surface area contributed by atoms with Crippen molar-refractivity contribution in [2.24, 2.45) is 0 Å². The minimum Gasteiger partial charge on any atom is -0.496 e. The van der Waals surface area contributed by atoms with E-state index in [1.54, 1.807) is 6.92 Å². The van der Waals surface area contributed by atoms with Crippen LogP contribution in [0.25, 0.3) is 0 Å². The highest BCUT2D eigenvalue weighted by Gasteiger charge is 2.39. The van der Waals surface area contributed by atoms with Gasteiger partial charge in [-0.1, -0.05) is 0 Å². The fourth-order valence-corrected chi connectivity index (χ4v) is 1.38. The van der Waals surface area contributed by atoms with E-state index < -0.39 is 17.5 Å². The first-order chi connectivity index (χ1) is 7.81. The molecule has 0 radical (unpaired) electrons. The molecule has 0 atom stereocenters. The number of carbonyl (C=O) groups is 1. The predicted molar refractivity (Wildman–Crippen MR) is 54.7 cm³/mol. The van der Waals surface area contributed by atoms with Crippen molar-refractivity contribution in [1.29, 1.82) is 0 Å². The Kier molecular flexibility index (Phi) is 3.65. The molecule has 1 aromatic carbocycles. The van der Waals surface area contributed by atoms with Crippen LogP contribution in [0.1, 0.15) is 15.9 Å². The maximum Gasteiger partial charge on any atom is 0.454 e. The molecule has 0 aliphatic heterocycles. The van der Waals surface area contributed by atoms with Crippen LogP contribution in [0, 0.1) is 6.92 Å². The lowest BCUT2D eigenvalue weighted by atomic mass is 10.1. The summed E-state index contributed by atoms with van der Waals surface area (Å²) in [7, 11) is 2.62. The molecule has 3 nitrogen and oxygen atoms in total. The molecule has 0 N–H and O–H groups in total. The Labute approximate surface area is 96.1 Å². The van der Waals surface area contributed by atoms with Gasteiger partial charge in [0.1, 0.15) is 11.5 Å². The third-order valence-corrected chi connectivity index (χ3v) is 2.27. The first-order valence-corrected chi connectivity index (χ1v) is 4.65. The Balaban J connectivity index is 3.32. The van der Waals surface area contributed by atoms with Crippen LogP contribution < -0.4 is 9.47 Å². The van der Waals surface area contributed by atoms with E-state index in [0.717, 1.165) is 12.1 Å². The number of carbonyl (C=O) groups excluding carboxylic acids is 1. The number of halogens is 3. The zero-order valence-corrected chi connectivity index (χ0v) is 9.51. The van der Waals surface area contributed by atoms with E-state index in [1.165, 1.54) is 14.2 Å². The van der Waals surface area contributed by atoms with Crippen molar-refractivity contribution < 1.29 is 27.4 Å². The molecule has 17 heavy (non-hydrogen) atoms. The van der Waals surface area contributed by atoms with Gasteiger partial charge in [-0.05, 0) is 19.1 Å². The van der Waals surface area contributed by atoms with Crippen LogP contribution >= 0.6 is 0 Å². The number of alkyl halides is 3. The van der Waals surface area contributed by atoms with Crippen LogP contribution in [-0.2, 0) is 0 Å². The van der Waals surface area contributed by atoms with Gasteiger partial charge in [-0.2, -0.15) is 13.2 Å². The molecule has 94 valence electrons. The van der Waals surface area contributed by atoms with Crippen LogP contribution in [0.2, 0.25) is 0 Å². The van der Waals surface area contributed by atoms with E-state index in [-0.39, 0.29) is 11.5 Å². The summed E-state index contributed by atoms with van der Waals surface area (Å²) in [5.74, 6) is -1.57. The topological polar surface area (TPSA) is 35.5 Å². The molecule has 1 aromatic rings. The highest BCUT2D eigenvalue weighted by molar-refractivity contribution is 6.01. The Morgan fingerprint density at radius 3 is 1.82 bits per heavy atom. The Morgan fingerprint density at radius 1 is 1.12 bits per heavy atom. The summed E-state index contributed by atoms with van der Waals surface area (Å²) in [6.07, 6.45) is -4.91. The smallest absolute Gasteiger partial charge is 0.454 e. The maximum absolute atomic E-state index is 12.3. The first kappa shape index (κ1) is 13.3. The predicted octanol–water partition coefficient (Wildman–Crippen LogP) is 2.76. The molecule has 0 aliphatic rings. The van der Waals surface area contributed by atoms with Gasteiger partial charge in [-0.25, -0.2) is 0 Å². The van der Waals surface area contributed by atoms with Gasteiger partial charge >= 0.3 is 6.18 Å². The molecule has 1 rings (SSSR count). The van der Waals surface area contributed by atoms with Crippen LogP contribution in [0.15, 0.2) is 12.1 Å². The highest BCUT2D eigenvalue weighted by atomic mass is 19.4. The standard InChI is InChI=1S/C11H11F3O3/c1-6-8(16-2)4-7(5-9(6)17-3)10(15)11(12,13)14/h4-5H,1-3H3. The van der Waals surface area contributed by atoms with E-state index in [0.29, 0.717) is 5.56 Å². The van der Waals surface area contributed by atoms with Crippen molar-refractivity contribution in [3.63, 3.8) is 0 Å². The number of Topliss-reactive ketones (excluding diaryl/α,β-unsaturated/α-hetero) is 1. The molecule has 0 saturated heterocycles. The van der Waals surface area contributed by atoms with Crippen LogP contribution in [0.5, 0.6) is 11.5 Å². The lowest BCUT2D eigenvalue weighted by molar-refractivity contribution is -0.0885. The van der Waals surface area contributed by atoms with Crippen molar-refractivity contribution in [2.75, 3.05) is 14.2 Å². The molecule has 0 amide bonds. The second-order valence-electron chi connectivity index (χ2n) is 3.33. The van der Waals surface area contributed by atoms with E-state index in [4.69, 9.17) is 9.47 Å². The number of hydrogen-bond donors (Lipinski definition) is 0. The van der Waals surface area contributed by atoms with Gasteiger partial charge in [0, 0.05) is 11.1 Å². The molecule has 0 aromatic heterocycles. The summed E-state index contributed by atoms with van der Waals surface area (Å²) in [6, 6.07) is 2.10. The van der Waals surface area contributed by atoms with Crippen molar-refractivity contribution >= 4 is 5.78 Å². The third kappa shape index (κ3) is 2.69. The fraction of sp³-hybridized carbons (Fsp3) is 0.364. The molecule has 0 fully saturated rings. The number of benzene rings is 1. The Hall–Kier alpha value is -1.72. The molecule has 0 spiro atoms. The van der Waals surface area contributed by atoms with Crippen molar-refractivity contribution in [2.45, 2.75) is 13.1 Å². The zero-order valence-electron chi connectivity index (χ0n) is 9.51. The molecule has 0 saturated carbocycles. The number of rotatable bonds is 3. The highest BCUT2D eigenvalue weighted by Crippen LogP contribution is 2.32. The summed E-state index contributed by atoms with van der Waals surface area (Å²) in [5.41, 5.74) is 0.0329. The second-order valence-corrected chi connectivity index (χ2v) is 3.33. The van der Waals surface area contributed by atoms with Crippen molar-refractivity contribution in [3.05, 3.63) is 23.3 Å². The van der Waals surface area contributed by atoms with Crippen molar-refractivity contribution in [3.8, 4) is 11.5 Å². The van der Waals surface area contributed by atoms with E-state index in [1.807, 2.05) is 0 Å². The Bertz CT molecular complexity index is 413.